The number of anilines is 1. The highest BCUT2D eigenvalue weighted by Gasteiger charge is 2.29. The Morgan fingerprint density at radius 3 is 2.80 bits per heavy atom. The maximum atomic E-state index is 11.6. The molecule has 5 nitrogen and oxygen atoms in total. The highest BCUT2D eigenvalue weighted by molar-refractivity contribution is 5.82. The zero-order valence-electron chi connectivity index (χ0n) is 7.71. The van der Waals surface area contributed by atoms with Crippen LogP contribution in [0.4, 0.5) is 23.9 Å². The predicted molar refractivity (Wildman–Crippen MR) is 44.2 cm³/mol. The minimum absolute atomic E-state index is 0.113. The van der Waals surface area contributed by atoms with E-state index in [-0.39, 0.29) is 5.95 Å². The molecule has 15 heavy (non-hydrogen) atoms. The van der Waals surface area contributed by atoms with E-state index in [1.807, 2.05) is 0 Å². The molecule has 8 heteroatoms. The number of imidazole rings is 1. The molecule has 1 rings (SSSR count). The van der Waals surface area contributed by atoms with Crippen LogP contribution in [0.2, 0.25) is 0 Å². The molecule has 0 bridgehead atoms. The average molecular weight is 223 g/mol. The number of ether oxygens (including phenoxy) is 1. The lowest BCUT2D eigenvalue weighted by Crippen LogP contribution is -2.24. The van der Waals surface area contributed by atoms with E-state index >= 15 is 0 Å². The van der Waals surface area contributed by atoms with Crippen molar-refractivity contribution in [3.8, 4) is 0 Å². The third-order valence-electron chi connectivity index (χ3n) is 1.40. The smallest absolute Gasteiger partial charge is 0.422 e. The van der Waals surface area contributed by atoms with Crippen LogP contribution >= 0.6 is 0 Å². The number of halogens is 3. The van der Waals surface area contributed by atoms with Gasteiger partial charge in [-0.1, -0.05) is 0 Å². The molecule has 1 aromatic heterocycles. The summed E-state index contributed by atoms with van der Waals surface area (Å²) >= 11 is 0. The van der Waals surface area contributed by atoms with Crippen LogP contribution in [0, 0.1) is 0 Å². The Balaban J connectivity index is 2.41. The Kier molecular flexibility index (Phi) is 3.17. The molecule has 0 atom stereocenters. The van der Waals surface area contributed by atoms with E-state index in [0.29, 0.717) is 0 Å². The fourth-order valence-corrected chi connectivity index (χ4v) is 0.761. The van der Waals surface area contributed by atoms with Crippen molar-refractivity contribution >= 4 is 12.0 Å². The number of amides is 1. The standard InChI is InChI=1S/C7H8F3N3O2/c1-13-3-2-11-5(13)12-6(14)15-4-7(8,9)10/h2-3H,4H2,1H3,(H,11,12,14). The Hall–Kier alpha value is -1.73. The summed E-state index contributed by atoms with van der Waals surface area (Å²) in [5.41, 5.74) is 0. The monoisotopic (exact) mass is 223 g/mol. The van der Waals surface area contributed by atoms with E-state index in [1.165, 1.54) is 17.0 Å². The van der Waals surface area contributed by atoms with Gasteiger partial charge in [0, 0.05) is 19.4 Å². The molecule has 1 N–H and O–H groups in total. The average Bonchev–Trinajstić information content (AvgIpc) is 2.47. The Morgan fingerprint density at radius 2 is 2.33 bits per heavy atom. The van der Waals surface area contributed by atoms with Crippen molar-refractivity contribution in [2.45, 2.75) is 6.18 Å². The van der Waals surface area contributed by atoms with Crippen molar-refractivity contribution in [2.24, 2.45) is 7.05 Å². The molecule has 0 saturated carbocycles. The molecule has 0 unspecified atom stereocenters. The number of hydrogen-bond acceptors (Lipinski definition) is 3. The molecule has 0 aliphatic carbocycles. The molecule has 1 amide bonds. The minimum Gasteiger partial charge on any atom is -0.440 e. The lowest BCUT2D eigenvalue weighted by molar-refractivity contribution is -0.159. The third-order valence-corrected chi connectivity index (χ3v) is 1.40. The fourth-order valence-electron chi connectivity index (χ4n) is 0.761. The number of nitrogens with one attached hydrogen (secondary N) is 1. The first-order valence-corrected chi connectivity index (χ1v) is 3.86. The number of aryl methyl sites for hydroxylation is 1. The van der Waals surface area contributed by atoms with Crippen LogP contribution < -0.4 is 5.32 Å². The summed E-state index contributed by atoms with van der Waals surface area (Å²) in [5.74, 6) is 0.113. The van der Waals surface area contributed by atoms with Crippen LogP contribution in [0.5, 0.6) is 0 Å². The summed E-state index contributed by atoms with van der Waals surface area (Å²) in [6.45, 7) is -1.62. The topological polar surface area (TPSA) is 56.2 Å². The lowest BCUT2D eigenvalue weighted by Gasteiger charge is -2.08. The van der Waals surface area contributed by atoms with E-state index in [1.54, 1.807) is 7.05 Å². The molecule has 0 fully saturated rings. The van der Waals surface area contributed by atoms with Crippen molar-refractivity contribution in [1.29, 1.82) is 0 Å². The number of nitrogens with zero attached hydrogens (tertiary/aromatic N) is 2. The zero-order valence-corrected chi connectivity index (χ0v) is 7.71. The second-order valence-electron chi connectivity index (χ2n) is 2.68. The highest BCUT2D eigenvalue weighted by atomic mass is 19.4. The van der Waals surface area contributed by atoms with Crippen LogP contribution in [0.3, 0.4) is 0 Å². The van der Waals surface area contributed by atoms with Crippen LogP contribution in [-0.2, 0) is 11.8 Å². The number of carbonyl (C=O) groups is 1. The van der Waals surface area contributed by atoms with E-state index in [9.17, 15) is 18.0 Å². The molecule has 0 aliphatic heterocycles. The van der Waals surface area contributed by atoms with Crippen molar-refractivity contribution in [3.63, 3.8) is 0 Å². The van der Waals surface area contributed by atoms with E-state index in [0.717, 1.165) is 0 Å². The third kappa shape index (κ3) is 3.88. The van der Waals surface area contributed by atoms with Gasteiger partial charge in [0.15, 0.2) is 6.61 Å². The Morgan fingerprint density at radius 1 is 1.67 bits per heavy atom. The van der Waals surface area contributed by atoms with Crippen molar-refractivity contribution in [3.05, 3.63) is 12.4 Å². The fraction of sp³-hybridized carbons (Fsp3) is 0.429. The van der Waals surface area contributed by atoms with Gasteiger partial charge in [0.05, 0.1) is 0 Å². The molecule has 0 spiro atoms. The minimum atomic E-state index is -4.53. The quantitative estimate of drug-likeness (QED) is 0.827. The van der Waals surface area contributed by atoms with Crippen molar-refractivity contribution in [2.75, 3.05) is 11.9 Å². The van der Waals surface area contributed by atoms with Gasteiger partial charge in [-0.2, -0.15) is 13.2 Å². The Bertz CT molecular complexity index is 347. The van der Waals surface area contributed by atoms with Gasteiger partial charge in [-0.05, 0) is 0 Å². The second-order valence-corrected chi connectivity index (χ2v) is 2.68. The maximum Gasteiger partial charge on any atom is 0.422 e. The van der Waals surface area contributed by atoms with E-state index in [4.69, 9.17) is 0 Å². The molecule has 0 radical (unpaired) electrons. The van der Waals surface area contributed by atoms with Crippen LogP contribution in [-0.4, -0.2) is 28.4 Å². The first kappa shape index (κ1) is 11.3. The number of carbonyl (C=O) groups excluding carboxylic acids is 1. The van der Waals surface area contributed by atoms with Crippen LogP contribution in [0.25, 0.3) is 0 Å². The number of rotatable bonds is 2. The highest BCUT2D eigenvalue weighted by Crippen LogP contribution is 2.14. The normalized spacial score (nSPS) is 11.2. The number of aromatic nitrogens is 2. The molecule has 0 aliphatic rings. The van der Waals surface area contributed by atoms with Gasteiger partial charge in [0.25, 0.3) is 0 Å². The molecule has 1 heterocycles. The summed E-state index contributed by atoms with van der Waals surface area (Å²) in [4.78, 5) is 14.5. The van der Waals surface area contributed by atoms with Crippen molar-refractivity contribution in [1.82, 2.24) is 9.55 Å². The summed E-state index contributed by atoms with van der Waals surface area (Å²) in [5, 5.41) is 2.05. The van der Waals surface area contributed by atoms with Gasteiger partial charge in [0.2, 0.25) is 5.95 Å². The van der Waals surface area contributed by atoms with Crippen LogP contribution in [0.1, 0.15) is 0 Å². The number of alkyl halides is 3. The SMILES string of the molecule is Cn1ccnc1NC(=O)OCC(F)(F)F. The summed E-state index contributed by atoms with van der Waals surface area (Å²) in [6, 6.07) is 0. The van der Waals surface area contributed by atoms with E-state index < -0.39 is 18.9 Å². The van der Waals surface area contributed by atoms with Gasteiger partial charge in [-0.3, -0.25) is 5.32 Å². The summed E-state index contributed by atoms with van der Waals surface area (Å²) in [7, 11) is 1.58. The predicted octanol–water partition coefficient (Wildman–Crippen LogP) is 1.53. The number of hydrogen-bond donors (Lipinski definition) is 1. The molecule has 0 saturated heterocycles. The lowest BCUT2D eigenvalue weighted by atomic mass is 10.7. The van der Waals surface area contributed by atoms with Gasteiger partial charge in [-0.25, -0.2) is 9.78 Å². The Labute approximate surface area is 82.9 Å². The van der Waals surface area contributed by atoms with Gasteiger partial charge >= 0.3 is 12.3 Å². The molecule has 84 valence electrons. The molecular weight excluding hydrogens is 215 g/mol. The molecule has 1 aromatic rings. The van der Waals surface area contributed by atoms with Gasteiger partial charge in [0.1, 0.15) is 0 Å². The van der Waals surface area contributed by atoms with Gasteiger partial charge < -0.3 is 9.30 Å². The largest absolute Gasteiger partial charge is 0.440 e. The van der Waals surface area contributed by atoms with Gasteiger partial charge in [-0.15, -0.1) is 0 Å². The maximum absolute atomic E-state index is 11.6. The van der Waals surface area contributed by atoms with Crippen LogP contribution in [0.15, 0.2) is 12.4 Å². The first-order valence-electron chi connectivity index (χ1n) is 3.86. The summed E-state index contributed by atoms with van der Waals surface area (Å²) < 4.78 is 40.3. The van der Waals surface area contributed by atoms with E-state index in [2.05, 4.69) is 15.0 Å². The van der Waals surface area contributed by atoms with Crippen molar-refractivity contribution < 1.29 is 22.7 Å². The molecule has 0 aromatic carbocycles. The second kappa shape index (κ2) is 4.20. The molecular formula is C7H8F3N3O2. The first-order chi connectivity index (χ1) is 6.88. The summed E-state index contributed by atoms with van der Waals surface area (Å²) in [6.07, 6.45) is -2.81. The zero-order chi connectivity index (χ0) is 11.5.